The van der Waals surface area contributed by atoms with Gasteiger partial charge in [0.05, 0.1) is 37.2 Å². The largest absolute Gasteiger partial charge is 0.496 e. The SMILES string of the molecule is COc1cc(OC)c(OC)cc1/C=C(/Br)C(=O)c1ccc(N(C)C)c(N)c1. The van der Waals surface area contributed by atoms with Crippen LogP contribution in [0.15, 0.2) is 34.8 Å². The Hall–Kier alpha value is -2.67. The average molecular weight is 435 g/mol. The zero-order chi connectivity index (χ0) is 20.1. The van der Waals surface area contributed by atoms with Crippen molar-refractivity contribution in [2.24, 2.45) is 0 Å². The van der Waals surface area contributed by atoms with Crippen LogP contribution in [0.25, 0.3) is 6.08 Å². The lowest BCUT2D eigenvalue weighted by Gasteiger charge is -2.15. The van der Waals surface area contributed by atoms with Crippen LogP contribution in [0.3, 0.4) is 0 Å². The highest BCUT2D eigenvalue weighted by Gasteiger charge is 2.15. The molecule has 0 radical (unpaired) electrons. The molecule has 0 saturated heterocycles. The lowest BCUT2D eigenvalue weighted by atomic mass is 10.1. The predicted molar refractivity (Wildman–Crippen MR) is 113 cm³/mol. The molecule has 0 aliphatic rings. The molecular formula is C20H23BrN2O4. The summed E-state index contributed by atoms with van der Waals surface area (Å²) >= 11 is 3.37. The van der Waals surface area contributed by atoms with Crippen LogP contribution < -0.4 is 24.8 Å². The number of Topliss-reactive ketones (excluding diaryl/α,β-unsaturated/α-hetero) is 1. The number of anilines is 2. The number of nitrogens with two attached hydrogens (primary N) is 1. The van der Waals surface area contributed by atoms with Gasteiger partial charge in [0, 0.05) is 31.3 Å². The maximum absolute atomic E-state index is 12.8. The maximum Gasteiger partial charge on any atom is 0.200 e. The highest BCUT2D eigenvalue weighted by molar-refractivity contribution is 9.12. The number of carbonyl (C=O) groups is 1. The summed E-state index contributed by atoms with van der Waals surface area (Å²) in [6.07, 6.45) is 1.68. The number of carbonyl (C=O) groups excluding carboxylic acids is 1. The van der Waals surface area contributed by atoms with Crippen LogP contribution >= 0.6 is 15.9 Å². The van der Waals surface area contributed by atoms with Gasteiger partial charge < -0.3 is 24.8 Å². The van der Waals surface area contributed by atoms with Gasteiger partial charge in [-0.15, -0.1) is 0 Å². The predicted octanol–water partition coefficient (Wildman–Crippen LogP) is 3.98. The van der Waals surface area contributed by atoms with E-state index in [4.69, 9.17) is 19.9 Å². The third-order valence-corrected chi connectivity index (χ3v) is 4.60. The number of halogens is 1. The molecule has 144 valence electrons. The first kappa shape index (κ1) is 20.6. The van der Waals surface area contributed by atoms with Crippen molar-refractivity contribution in [2.75, 3.05) is 46.1 Å². The molecule has 6 nitrogen and oxygen atoms in total. The first-order chi connectivity index (χ1) is 12.8. The van der Waals surface area contributed by atoms with Gasteiger partial charge in [-0.05, 0) is 46.3 Å². The molecule has 0 amide bonds. The molecule has 0 spiro atoms. The fourth-order valence-corrected chi connectivity index (χ4v) is 3.08. The molecule has 0 bridgehead atoms. The molecule has 0 unspecified atom stereocenters. The summed E-state index contributed by atoms with van der Waals surface area (Å²) in [5, 5.41) is 0. The summed E-state index contributed by atoms with van der Waals surface area (Å²) in [6.45, 7) is 0. The number of rotatable bonds is 7. The van der Waals surface area contributed by atoms with Crippen LogP contribution in [-0.4, -0.2) is 41.2 Å². The summed E-state index contributed by atoms with van der Waals surface area (Å²) in [6, 6.07) is 8.68. The number of ether oxygens (including phenoxy) is 3. The van der Waals surface area contributed by atoms with Crippen molar-refractivity contribution in [3.63, 3.8) is 0 Å². The highest BCUT2D eigenvalue weighted by Crippen LogP contribution is 2.36. The minimum absolute atomic E-state index is 0.191. The van der Waals surface area contributed by atoms with E-state index in [1.807, 2.05) is 25.1 Å². The summed E-state index contributed by atoms with van der Waals surface area (Å²) in [5.41, 5.74) is 8.60. The van der Waals surface area contributed by atoms with Crippen molar-refractivity contribution in [3.8, 4) is 17.2 Å². The molecular weight excluding hydrogens is 412 g/mol. The lowest BCUT2D eigenvalue weighted by Crippen LogP contribution is -2.12. The van der Waals surface area contributed by atoms with Crippen molar-refractivity contribution in [1.82, 2.24) is 0 Å². The smallest absolute Gasteiger partial charge is 0.200 e. The Balaban J connectivity index is 2.42. The van der Waals surface area contributed by atoms with Crippen molar-refractivity contribution in [2.45, 2.75) is 0 Å². The average Bonchev–Trinajstić information content (AvgIpc) is 2.66. The van der Waals surface area contributed by atoms with Crippen molar-refractivity contribution in [3.05, 3.63) is 45.9 Å². The molecule has 7 heteroatoms. The molecule has 2 aromatic rings. The molecule has 0 aliphatic carbocycles. The lowest BCUT2D eigenvalue weighted by molar-refractivity contribution is 0.104. The number of methoxy groups -OCH3 is 3. The van der Waals surface area contributed by atoms with Crippen LogP contribution in [0.1, 0.15) is 15.9 Å². The van der Waals surface area contributed by atoms with Gasteiger partial charge in [0.15, 0.2) is 17.3 Å². The van der Waals surface area contributed by atoms with Gasteiger partial charge in [-0.1, -0.05) is 0 Å². The van der Waals surface area contributed by atoms with Crippen LogP contribution in [0.4, 0.5) is 11.4 Å². The fraction of sp³-hybridized carbons (Fsp3) is 0.250. The van der Waals surface area contributed by atoms with E-state index in [0.717, 1.165) is 5.69 Å². The quantitative estimate of drug-likeness (QED) is 0.403. The van der Waals surface area contributed by atoms with Crippen molar-refractivity contribution in [1.29, 1.82) is 0 Å². The summed E-state index contributed by atoms with van der Waals surface area (Å²) in [5.74, 6) is 1.45. The van der Waals surface area contributed by atoms with Gasteiger partial charge in [-0.2, -0.15) is 0 Å². The molecule has 2 N–H and O–H groups in total. The third kappa shape index (κ3) is 4.54. The summed E-state index contributed by atoms with van der Waals surface area (Å²) < 4.78 is 16.4. The Morgan fingerprint density at radius 3 is 2.11 bits per heavy atom. The Morgan fingerprint density at radius 2 is 1.59 bits per heavy atom. The van der Waals surface area contributed by atoms with Gasteiger partial charge in [0.1, 0.15) is 5.75 Å². The molecule has 2 rings (SSSR count). The number of ketones is 1. The number of benzene rings is 2. The second-order valence-electron chi connectivity index (χ2n) is 5.94. The molecule has 0 aromatic heterocycles. The molecule has 0 heterocycles. The number of hydrogen-bond acceptors (Lipinski definition) is 6. The molecule has 0 saturated carbocycles. The molecule has 0 atom stereocenters. The number of nitrogens with zero attached hydrogens (tertiary/aromatic N) is 1. The van der Waals surface area contributed by atoms with E-state index in [1.165, 1.54) is 0 Å². The van der Waals surface area contributed by atoms with Gasteiger partial charge in [-0.3, -0.25) is 4.79 Å². The third-order valence-electron chi connectivity index (χ3n) is 4.01. The minimum Gasteiger partial charge on any atom is -0.496 e. The molecule has 0 fully saturated rings. The second-order valence-corrected chi connectivity index (χ2v) is 6.79. The Kier molecular flexibility index (Phi) is 6.74. The summed E-state index contributed by atoms with van der Waals surface area (Å²) in [7, 11) is 8.44. The van der Waals surface area contributed by atoms with Crippen molar-refractivity contribution >= 4 is 39.2 Å². The Bertz CT molecular complexity index is 879. The normalized spacial score (nSPS) is 11.1. The topological polar surface area (TPSA) is 74.0 Å². The van der Waals surface area contributed by atoms with E-state index in [-0.39, 0.29) is 5.78 Å². The van der Waals surface area contributed by atoms with E-state index >= 15 is 0 Å². The second kappa shape index (κ2) is 8.81. The first-order valence-electron chi connectivity index (χ1n) is 8.11. The number of allylic oxidation sites excluding steroid dienone is 1. The summed E-state index contributed by atoms with van der Waals surface area (Å²) in [4.78, 5) is 14.7. The maximum atomic E-state index is 12.8. The van der Waals surface area contributed by atoms with E-state index < -0.39 is 0 Å². The zero-order valence-corrected chi connectivity index (χ0v) is 17.6. The number of nitrogen functional groups attached to an aromatic ring is 1. The van der Waals surface area contributed by atoms with Gasteiger partial charge in [0.25, 0.3) is 0 Å². The van der Waals surface area contributed by atoms with Gasteiger partial charge in [-0.25, -0.2) is 0 Å². The molecule has 0 aliphatic heterocycles. The Labute approximate surface area is 167 Å². The monoisotopic (exact) mass is 434 g/mol. The van der Waals surface area contributed by atoms with Crippen LogP contribution in [0, 0.1) is 0 Å². The van der Waals surface area contributed by atoms with Gasteiger partial charge >= 0.3 is 0 Å². The highest BCUT2D eigenvalue weighted by atomic mass is 79.9. The van der Waals surface area contributed by atoms with Crippen LogP contribution in [0.5, 0.6) is 17.2 Å². The molecule has 2 aromatic carbocycles. The van der Waals surface area contributed by atoms with E-state index in [2.05, 4.69) is 15.9 Å². The zero-order valence-electron chi connectivity index (χ0n) is 16.0. The molecule has 27 heavy (non-hydrogen) atoms. The van der Waals surface area contributed by atoms with E-state index in [1.54, 1.807) is 51.7 Å². The van der Waals surface area contributed by atoms with Crippen LogP contribution in [-0.2, 0) is 0 Å². The Morgan fingerprint density at radius 1 is 1.00 bits per heavy atom. The van der Waals surface area contributed by atoms with E-state index in [9.17, 15) is 4.79 Å². The van der Waals surface area contributed by atoms with Crippen molar-refractivity contribution < 1.29 is 19.0 Å². The first-order valence-corrected chi connectivity index (χ1v) is 8.90. The minimum atomic E-state index is -0.191. The van der Waals surface area contributed by atoms with E-state index in [0.29, 0.717) is 38.5 Å². The standard InChI is InChI=1S/C20H23BrN2O4/c1-23(2)16-7-6-12(9-15(16)22)20(24)14(21)8-13-10-18(26-4)19(27-5)11-17(13)25-3/h6-11H,22H2,1-5H3/b14-8+. The van der Waals surface area contributed by atoms with Crippen LogP contribution in [0.2, 0.25) is 0 Å². The fourth-order valence-electron chi connectivity index (χ4n) is 2.61. The van der Waals surface area contributed by atoms with Gasteiger partial charge in [0.2, 0.25) is 0 Å². The number of hydrogen-bond donors (Lipinski definition) is 1.